The maximum atomic E-state index is 5.39. The molecule has 0 fully saturated rings. The molecule has 9 aromatic carbocycles. The van der Waals surface area contributed by atoms with Crippen LogP contribution in [-0.4, -0.2) is 4.98 Å². The molecule has 2 spiro atoms. The number of benzene rings is 9. The molecule has 0 N–H and O–H groups in total. The Bertz CT molecular complexity index is 3320. The molecule has 62 heavy (non-hydrogen) atoms. The van der Waals surface area contributed by atoms with Gasteiger partial charge in [-0.05, 0) is 107 Å². The summed E-state index contributed by atoms with van der Waals surface area (Å²) in [5.74, 6) is 0. The largest absolute Gasteiger partial charge is 0.248 e. The van der Waals surface area contributed by atoms with E-state index < -0.39 is 10.8 Å². The molecule has 13 rings (SSSR count). The van der Waals surface area contributed by atoms with E-state index in [9.17, 15) is 0 Å². The summed E-state index contributed by atoms with van der Waals surface area (Å²) in [6.07, 6.45) is 0. The predicted molar refractivity (Wildman–Crippen MR) is 254 cm³/mol. The molecule has 10 aromatic rings. The van der Waals surface area contributed by atoms with Gasteiger partial charge in [-0.3, -0.25) is 0 Å². The Balaban J connectivity index is 1.10. The zero-order valence-corrected chi connectivity index (χ0v) is 34.0. The van der Waals surface area contributed by atoms with Crippen molar-refractivity contribution in [3.63, 3.8) is 0 Å². The lowest BCUT2D eigenvalue weighted by Crippen LogP contribution is -2.43. The van der Waals surface area contributed by atoms with Crippen molar-refractivity contribution in [2.45, 2.75) is 10.8 Å². The molecule has 0 radical (unpaired) electrons. The lowest BCUT2D eigenvalue weighted by atomic mass is 9.52. The molecule has 1 aromatic heterocycles. The lowest BCUT2D eigenvalue weighted by molar-refractivity contribution is 0.633. The van der Waals surface area contributed by atoms with Crippen molar-refractivity contribution >= 4 is 0 Å². The molecule has 288 valence electrons. The minimum atomic E-state index is -0.561. The molecule has 1 heteroatoms. The molecule has 0 unspecified atom stereocenters. The predicted octanol–water partition coefficient (Wildman–Crippen LogP) is 14.8. The average Bonchev–Trinajstić information content (AvgIpc) is 3.82. The van der Waals surface area contributed by atoms with Crippen molar-refractivity contribution in [2.75, 3.05) is 0 Å². The number of fused-ring (bicyclic) bond motifs is 16. The maximum absolute atomic E-state index is 5.39. The van der Waals surface area contributed by atoms with Gasteiger partial charge in [0.2, 0.25) is 0 Å². The number of hydrogen-bond acceptors (Lipinski definition) is 1. The summed E-state index contributed by atoms with van der Waals surface area (Å²) in [6.45, 7) is 0. The van der Waals surface area contributed by atoms with Crippen LogP contribution in [0.1, 0.15) is 44.5 Å². The fourth-order valence-corrected chi connectivity index (χ4v) is 11.6. The van der Waals surface area contributed by atoms with E-state index >= 15 is 0 Å². The molecule has 0 bridgehead atoms. The zero-order valence-electron chi connectivity index (χ0n) is 34.0. The van der Waals surface area contributed by atoms with Crippen LogP contribution in [-0.2, 0) is 10.8 Å². The van der Waals surface area contributed by atoms with Crippen LogP contribution in [0.2, 0.25) is 0 Å². The molecule has 0 saturated carbocycles. The van der Waals surface area contributed by atoms with Crippen molar-refractivity contribution in [1.29, 1.82) is 0 Å². The molecular weight excluding hydrogens is 747 g/mol. The Morgan fingerprint density at radius 3 is 1.18 bits per heavy atom. The lowest BCUT2D eigenvalue weighted by Gasteiger charge is -2.48. The Morgan fingerprint density at radius 1 is 0.226 bits per heavy atom. The summed E-state index contributed by atoms with van der Waals surface area (Å²) in [7, 11) is 0. The molecule has 3 aliphatic carbocycles. The number of hydrogen-bond donors (Lipinski definition) is 0. The van der Waals surface area contributed by atoms with Crippen molar-refractivity contribution in [3.05, 3.63) is 281 Å². The van der Waals surface area contributed by atoms with Crippen LogP contribution in [0, 0.1) is 0 Å². The van der Waals surface area contributed by atoms with Crippen molar-refractivity contribution in [1.82, 2.24) is 4.98 Å². The van der Waals surface area contributed by atoms with Gasteiger partial charge in [0.25, 0.3) is 0 Å². The fourth-order valence-electron chi connectivity index (χ4n) is 11.6. The van der Waals surface area contributed by atoms with E-state index in [1.54, 1.807) is 0 Å². The van der Waals surface area contributed by atoms with E-state index in [0.717, 1.165) is 28.1 Å². The van der Waals surface area contributed by atoms with Gasteiger partial charge < -0.3 is 0 Å². The third kappa shape index (κ3) is 4.65. The third-order valence-electron chi connectivity index (χ3n) is 14.0. The van der Waals surface area contributed by atoms with Gasteiger partial charge >= 0.3 is 0 Å². The summed E-state index contributed by atoms with van der Waals surface area (Å²) in [5.41, 5.74) is 23.7. The fraction of sp³-hybridized carbons (Fsp3) is 0.0328. The molecule has 0 amide bonds. The highest BCUT2D eigenvalue weighted by atomic mass is 14.7. The van der Waals surface area contributed by atoms with E-state index in [4.69, 9.17) is 4.98 Å². The smallest absolute Gasteiger partial charge is 0.0720 e. The van der Waals surface area contributed by atoms with Gasteiger partial charge in [-0.25, -0.2) is 4.98 Å². The van der Waals surface area contributed by atoms with Gasteiger partial charge in [0.05, 0.1) is 22.2 Å². The number of aromatic nitrogens is 1. The van der Waals surface area contributed by atoms with Gasteiger partial charge in [0.1, 0.15) is 0 Å². The first-order valence-corrected chi connectivity index (χ1v) is 21.6. The zero-order chi connectivity index (χ0) is 40.8. The van der Waals surface area contributed by atoms with Crippen LogP contribution in [0.4, 0.5) is 0 Å². The second-order valence-electron chi connectivity index (χ2n) is 16.9. The van der Waals surface area contributed by atoms with E-state index in [2.05, 4.69) is 237 Å². The van der Waals surface area contributed by atoms with Crippen molar-refractivity contribution in [3.8, 4) is 67.0 Å². The summed E-state index contributed by atoms with van der Waals surface area (Å²) < 4.78 is 0. The highest BCUT2D eigenvalue weighted by Crippen LogP contribution is 2.68. The molecule has 0 aliphatic heterocycles. The summed E-state index contributed by atoms with van der Waals surface area (Å²) in [6, 6.07) is 87.8. The topological polar surface area (TPSA) is 12.9 Å². The van der Waals surface area contributed by atoms with E-state index in [1.165, 1.54) is 83.5 Å². The van der Waals surface area contributed by atoms with Crippen molar-refractivity contribution in [2.24, 2.45) is 0 Å². The van der Waals surface area contributed by atoms with Gasteiger partial charge in [-0.1, -0.05) is 218 Å². The van der Waals surface area contributed by atoms with Gasteiger partial charge in [-0.15, -0.1) is 0 Å². The first-order chi connectivity index (χ1) is 30.8. The van der Waals surface area contributed by atoms with E-state index in [-0.39, 0.29) is 0 Å². The average molecular weight is 786 g/mol. The Morgan fingerprint density at radius 2 is 0.597 bits per heavy atom. The summed E-state index contributed by atoms with van der Waals surface area (Å²) >= 11 is 0. The van der Waals surface area contributed by atoms with Crippen molar-refractivity contribution < 1.29 is 0 Å². The minimum Gasteiger partial charge on any atom is -0.248 e. The molecule has 1 heterocycles. The molecular formula is C61H39N. The van der Waals surface area contributed by atoms with Crippen LogP contribution in [0.3, 0.4) is 0 Å². The highest BCUT2D eigenvalue weighted by Gasteiger charge is 2.59. The third-order valence-corrected chi connectivity index (χ3v) is 14.0. The molecule has 0 atom stereocenters. The Labute approximate surface area is 362 Å². The van der Waals surface area contributed by atoms with Crippen LogP contribution >= 0.6 is 0 Å². The number of nitrogens with zero attached hydrogens (tertiary/aromatic N) is 1. The quantitative estimate of drug-likeness (QED) is 0.173. The van der Waals surface area contributed by atoms with E-state index in [0.29, 0.717) is 0 Å². The van der Waals surface area contributed by atoms with Crippen LogP contribution in [0.15, 0.2) is 237 Å². The van der Waals surface area contributed by atoms with Gasteiger partial charge in [0.15, 0.2) is 0 Å². The molecule has 3 aliphatic rings. The van der Waals surface area contributed by atoms with E-state index in [1.807, 2.05) is 0 Å². The number of rotatable bonds is 4. The standard InChI is InChI=1S/C61H39N/c1-3-19-40(20-4-1)42-23-17-24-43(37-42)58-39-44(38-57(62-58)41-21-5-2-6-22-41)45-28-18-36-56-59(45)48-27-9-12-31-51(48)61(56)54-34-15-13-32-52(54)60(53-33-14-16-35-55(53)61)49-29-10-7-25-46(49)47-26-8-11-30-50(47)60/h1-39H. The Hall–Kier alpha value is -7.87. The maximum Gasteiger partial charge on any atom is 0.0720 e. The normalized spacial score (nSPS) is 14.1. The second kappa shape index (κ2) is 13.3. The number of pyridine rings is 1. The first-order valence-electron chi connectivity index (χ1n) is 21.6. The highest BCUT2D eigenvalue weighted by molar-refractivity contribution is 5.99. The molecule has 0 saturated heterocycles. The van der Waals surface area contributed by atoms with Gasteiger partial charge in [-0.2, -0.15) is 0 Å². The van der Waals surface area contributed by atoms with Gasteiger partial charge in [0, 0.05) is 11.1 Å². The summed E-state index contributed by atoms with van der Waals surface area (Å²) in [4.78, 5) is 5.39. The first kappa shape index (κ1) is 34.9. The molecule has 1 nitrogen and oxygen atoms in total. The SMILES string of the molecule is c1ccc(-c2cccc(-c3cc(-c4cccc5c4-c4ccccc4C54c5ccccc5C5(c6ccccc6-c6ccccc65)c5ccccc54)cc(-c4ccccc4)n3)c2)cc1. The van der Waals surface area contributed by atoms with Crippen LogP contribution in [0.25, 0.3) is 67.0 Å². The van der Waals surface area contributed by atoms with Crippen LogP contribution in [0.5, 0.6) is 0 Å². The van der Waals surface area contributed by atoms with Crippen LogP contribution < -0.4 is 0 Å². The monoisotopic (exact) mass is 785 g/mol. The Kier molecular flexibility index (Phi) is 7.50. The second-order valence-corrected chi connectivity index (χ2v) is 16.9. The summed E-state index contributed by atoms with van der Waals surface area (Å²) in [5, 5.41) is 0. The minimum absolute atomic E-state index is 0.472.